The lowest BCUT2D eigenvalue weighted by molar-refractivity contribution is -0.387. The third-order valence-electron chi connectivity index (χ3n) is 3.21. The van der Waals surface area contributed by atoms with Gasteiger partial charge in [0.25, 0.3) is 0 Å². The minimum Gasteiger partial charge on any atom is -0.480 e. The van der Waals surface area contributed by atoms with Gasteiger partial charge in [0.2, 0.25) is 11.7 Å². The maximum absolute atomic E-state index is 13.9. The Balaban J connectivity index is 2.30. The Morgan fingerprint density at radius 2 is 2.25 bits per heavy atom. The van der Waals surface area contributed by atoms with Crippen LogP contribution in [0.5, 0.6) is 0 Å². The van der Waals surface area contributed by atoms with E-state index in [9.17, 15) is 24.1 Å². The van der Waals surface area contributed by atoms with Gasteiger partial charge in [0.1, 0.15) is 6.04 Å². The first-order valence-electron chi connectivity index (χ1n) is 5.86. The van der Waals surface area contributed by atoms with E-state index in [1.807, 2.05) is 0 Å². The summed E-state index contributed by atoms with van der Waals surface area (Å²) in [4.78, 5) is 33.5. The number of nitro benzene ring substituents is 1. The average molecular weight is 282 g/mol. The predicted octanol–water partition coefficient (Wildman–Crippen LogP) is 1.31. The molecule has 1 aromatic carbocycles. The van der Waals surface area contributed by atoms with E-state index >= 15 is 0 Å². The number of hydrogen-bond acceptors (Lipinski definition) is 4. The Kier molecular flexibility index (Phi) is 3.64. The van der Waals surface area contributed by atoms with E-state index in [0.717, 1.165) is 11.0 Å². The molecule has 1 amide bonds. The fourth-order valence-corrected chi connectivity index (χ4v) is 2.20. The molecule has 0 aromatic heterocycles. The maximum Gasteiger partial charge on any atom is 0.326 e. The number of amides is 1. The van der Waals surface area contributed by atoms with Gasteiger partial charge < -0.3 is 10.0 Å². The summed E-state index contributed by atoms with van der Waals surface area (Å²) in [7, 11) is 0. The van der Waals surface area contributed by atoms with Gasteiger partial charge >= 0.3 is 11.7 Å². The fourth-order valence-electron chi connectivity index (χ4n) is 2.20. The Hall–Kier alpha value is -2.51. The number of nitrogens with zero attached hydrogens (tertiary/aromatic N) is 2. The number of carbonyl (C=O) groups is 2. The molecule has 8 heteroatoms. The fraction of sp³-hybridized carbons (Fsp3) is 0.333. The molecule has 2 rings (SSSR count). The summed E-state index contributed by atoms with van der Waals surface area (Å²) in [5, 5.41) is 19.6. The van der Waals surface area contributed by atoms with Crippen molar-refractivity contribution in [2.75, 3.05) is 0 Å². The lowest BCUT2D eigenvalue weighted by Gasteiger charge is -2.21. The van der Waals surface area contributed by atoms with Gasteiger partial charge in [0, 0.05) is 24.6 Å². The SMILES string of the molecule is O=C(O)C1CCC(=O)N1Cc1cccc([N+](=O)[O-])c1F. The lowest BCUT2D eigenvalue weighted by atomic mass is 10.1. The van der Waals surface area contributed by atoms with E-state index in [1.165, 1.54) is 12.1 Å². The van der Waals surface area contributed by atoms with Gasteiger partial charge in [-0.3, -0.25) is 14.9 Å². The molecule has 1 heterocycles. The Morgan fingerprint density at radius 1 is 1.55 bits per heavy atom. The number of halogens is 1. The first kappa shape index (κ1) is 13.9. The van der Waals surface area contributed by atoms with Crippen molar-refractivity contribution >= 4 is 17.6 Å². The highest BCUT2D eigenvalue weighted by atomic mass is 19.1. The lowest BCUT2D eigenvalue weighted by Crippen LogP contribution is -2.38. The summed E-state index contributed by atoms with van der Waals surface area (Å²) in [6.07, 6.45) is 0.234. The van der Waals surface area contributed by atoms with Gasteiger partial charge in [-0.25, -0.2) is 4.79 Å². The van der Waals surface area contributed by atoms with Crippen LogP contribution in [0.4, 0.5) is 10.1 Å². The van der Waals surface area contributed by atoms with E-state index in [4.69, 9.17) is 5.11 Å². The van der Waals surface area contributed by atoms with E-state index < -0.39 is 34.3 Å². The normalized spacial score (nSPS) is 18.4. The first-order valence-corrected chi connectivity index (χ1v) is 5.86. The molecule has 0 spiro atoms. The summed E-state index contributed by atoms with van der Waals surface area (Å²) in [5.41, 5.74) is -0.762. The van der Waals surface area contributed by atoms with Gasteiger partial charge in [-0.1, -0.05) is 12.1 Å². The average Bonchev–Trinajstić information content (AvgIpc) is 2.73. The molecule has 1 aliphatic rings. The van der Waals surface area contributed by atoms with Crippen LogP contribution in [0.3, 0.4) is 0 Å². The van der Waals surface area contributed by atoms with Crippen molar-refractivity contribution in [2.45, 2.75) is 25.4 Å². The molecule has 1 atom stereocenters. The molecule has 1 N–H and O–H groups in total. The summed E-state index contributed by atoms with van der Waals surface area (Å²) in [6.45, 7) is -0.288. The van der Waals surface area contributed by atoms with Crippen LogP contribution >= 0.6 is 0 Å². The number of rotatable bonds is 4. The zero-order chi connectivity index (χ0) is 14.9. The van der Waals surface area contributed by atoms with Crippen molar-refractivity contribution in [3.05, 3.63) is 39.7 Å². The highest BCUT2D eigenvalue weighted by Gasteiger charge is 2.36. The third kappa shape index (κ3) is 2.44. The summed E-state index contributed by atoms with van der Waals surface area (Å²) in [6, 6.07) is 2.60. The molecule has 106 valence electrons. The van der Waals surface area contributed by atoms with E-state index in [0.29, 0.717) is 0 Å². The van der Waals surface area contributed by atoms with Crippen LogP contribution in [-0.2, 0) is 16.1 Å². The second-order valence-electron chi connectivity index (χ2n) is 4.42. The van der Waals surface area contributed by atoms with Crippen LogP contribution < -0.4 is 0 Å². The number of carboxylic acid groups (broad SMARTS) is 1. The smallest absolute Gasteiger partial charge is 0.326 e. The number of carboxylic acids is 1. The van der Waals surface area contributed by atoms with Crippen LogP contribution in [0, 0.1) is 15.9 Å². The standard InChI is InChI=1S/C12H11FN2O5/c13-11-7(2-1-3-8(11)15(19)20)6-14-9(12(17)18)4-5-10(14)16/h1-3,9H,4-6H2,(H,17,18). The van der Waals surface area contributed by atoms with Gasteiger partial charge in [-0.05, 0) is 6.42 Å². The minimum absolute atomic E-state index is 0.0688. The largest absolute Gasteiger partial charge is 0.480 e. The number of benzene rings is 1. The number of nitro groups is 1. The summed E-state index contributed by atoms with van der Waals surface area (Å²) < 4.78 is 13.9. The van der Waals surface area contributed by atoms with E-state index in [1.54, 1.807) is 0 Å². The van der Waals surface area contributed by atoms with Crippen LogP contribution in [0.25, 0.3) is 0 Å². The molecular weight excluding hydrogens is 271 g/mol. The third-order valence-corrected chi connectivity index (χ3v) is 3.21. The zero-order valence-electron chi connectivity index (χ0n) is 10.3. The Morgan fingerprint density at radius 3 is 2.85 bits per heavy atom. The molecule has 1 aromatic rings. The first-order chi connectivity index (χ1) is 9.41. The minimum atomic E-state index is -1.17. The number of hydrogen-bond donors (Lipinski definition) is 1. The van der Waals surface area contributed by atoms with Crippen LogP contribution in [0.1, 0.15) is 18.4 Å². The van der Waals surface area contributed by atoms with Crippen LogP contribution in [0.15, 0.2) is 18.2 Å². The van der Waals surface area contributed by atoms with Crippen molar-refractivity contribution in [2.24, 2.45) is 0 Å². The molecule has 1 fully saturated rings. The molecule has 20 heavy (non-hydrogen) atoms. The number of aliphatic carboxylic acids is 1. The van der Waals surface area contributed by atoms with Gasteiger partial charge in [0.15, 0.2) is 0 Å². The van der Waals surface area contributed by atoms with E-state index in [2.05, 4.69) is 0 Å². The molecule has 1 aliphatic heterocycles. The van der Waals surface area contributed by atoms with Gasteiger partial charge in [-0.2, -0.15) is 4.39 Å². The van der Waals surface area contributed by atoms with Crippen molar-refractivity contribution in [1.82, 2.24) is 4.90 Å². The van der Waals surface area contributed by atoms with Gasteiger partial charge in [-0.15, -0.1) is 0 Å². The Labute approximate surface area is 112 Å². The van der Waals surface area contributed by atoms with Crippen molar-refractivity contribution in [3.8, 4) is 0 Å². The molecule has 1 saturated heterocycles. The molecule has 0 radical (unpaired) electrons. The predicted molar refractivity (Wildman–Crippen MR) is 64.3 cm³/mol. The number of likely N-dealkylation sites (tertiary alicyclic amines) is 1. The number of carbonyl (C=O) groups excluding carboxylic acids is 1. The van der Waals surface area contributed by atoms with Gasteiger partial charge in [0.05, 0.1) is 4.92 Å². The van der Waals surface area contributed by atoms with Crippen molar-refractivity contribution < 1.29 is 24.0 Å². The summed E-state index contributed by atoms with van der Waals surface area (Å²) in [5.74, 6) is -2.61. The van der Waals surface area contributed by atoms with Crippen molar-refractivity contribution in [1.29, 1.82) is 0 Å². The van der Waals surface area contributed by atoms with E-state index in [-0.39, 0.29) is 24.9 Å². The molecule has 0 aliphatic carbocycles. The molecule has 1 unspecified atom stereocenters. The van der Waals surface area contributed by atoms with Crippen LogP contribution in [0.2, 0.25) is 0 Å². The maximum atomic E-state index is 13.9. The highest BCUT2D eigenvalue weighted by molar-refractivity contribution is 5.87. The second kappa shape index (κ2) is 5.24. The second-order valence-corrected chi connectivity index (χ2v) is 4.42. The molecular formula is C12H11FN2O5. The summed E-state index contributed by atoms with van der Waals surface area (Å²) >= 11 is 0. The quantitative estimate of drug-likeness (QED) is 0.662. The monoisotopic (exact) mass is 282 g/mol. The molecule has 0 saturated carbocycles. The van der Waals surface area contributed by atoms with Crippen LogP contribution in [-0.4, -0.2) is 32.8 Å². The molecule has 7 nitrogen and oxygen atoms in total. The zero-order valence-corrected chi connectivity index (χ0v) is 10.3. The molecule has 0 bridgehead atoms. The highest BCUT2D eigenvalue weighted by Crippen LogP contribution is 2.26. The topological polar surface area (TPSA) is 101 Å². The Bertz CT molecular complexity index is 589. The van der Waals surface area contributed by atoms with Crippen molar-refractivity contribution in [3.63, 3.8) is 0 Å².